The van der Waals surface area contributed by atoms with Crippen LogP contribution in [0, 0.1) is 11.3 Å². The topological polar surface area (TPSA) is 61.1 Å². The van der Waals surface area contributed by atoms with Crippen molar-refractivity contribution in [3.63, 3.8) is 0 Å². The Labute approximate surface area is 53.2 Å². The Morgan fingerprint density at radius 3 is 2.00 bits per heavy atom. The summed E-state index contributed by atoms with van der Waals surface area (Å²) in [5.74, 6) is -1.16. The monoisotopic (exact) mass is 125 g/mol. The van der Waals surface area contributed by atoms with Gasteiger partial charge >= 0.3 is 5.97 Å². The number of aliphatic carboxylic acids is 1. The fraction of sp³-hybridized carbons (Fsp3) is 0.333. The van der Waals surface area contributed by atoms with Gasteiger partial charge in [-0.25, -0.2) is 4.79 Å². The number of nitriles is 1. The molecule has 0 heterocycles. The molecule has 0 aliphatic carbocycles. The van der Waals surface area contributed by atoms with Crippen LogP contribution in [0.4, 0.5) is 0 Å². The Balaban J connectivity index is 4.62. The van der Waals surface area contributed by atoms with Crippen molar-refractivity contribution >= 4 is 5.97 Å². The van der Waals surface area contributed by atoms with E-state index in [2.05, 4.69) is 0 Å². The van der Waals surface area contributed by atoms with Crippen molar-refractivity contribution in [1.82, 2.24) is 0 Å². The van der Waals surface area contributed by atoms with Gasteiger partial charge in [0, 0.05) is 0 Å². The number of carbonyl (C=O) groups is 1. The second kappa shape index (κ2) is 2.88. The molecule has 9 heavy (non-hydrogen) atoms. The maximum Gasteiger partial charge on any atom is 0.346 e. The van der Waals surface area contributed by atoms with E-state index in [-0.39, 0.29) is 5.57 Å². The van der Waals surface area contributed by atoms with E-state index >= 15 is 0 Å². The lowest BCUT2D eigenvalue weighted by molar-refractivity contribution is -0.132. The average Bonchev–Trinajstić information content (AvgIpc) is 1.64. The fourth-order valence-electron chi connectivity index (χ4n) is 0.373. The summed E-state index contributed by atoms with van der Waals surface area (Å²) in [6.45, 7) is 3.18. The van der Waals surface area contributed by atoms with Gasteiger partial charge in [0.1, 0.15) is 11.6 Å². The molecule has 0 amide bonds. The van der Waals surface area contributed by atoms with Crippen LogP contribution in [0.25, 0.3) is 0 Å². The number of rotatable bonds is 1. The summed E-state index contributed by atoms with van der Waals surface area (Å²) in [6, 6.07) is 1.58. The van der Waals surface area contributed by atoms with E-state index in [1.54, 1.807) is 19.9 Å². The Morgan fingerprint density at radius 2 is 2.00 bits per heavy atom. The van der Waals surface area contributed by atoms with Gasteiger partial charge in [0.25, 0.3) is 0 Å². The van der Waals surface area contributed by atoms with Gasteiger partial charge in [-0.3, -0.25) is 0 Å². The third-order valence-electron chi connectivity index (χ3n) is 0.826. The first kappa shape index (κ1) is 7.70. The van der Waals surface area contributed by atoms with Gasteiger partial charge in [0.15, 0.2) is 0 Å². The molecule has 0 rings (SSSR count). The van der Waals surface area contributed by atoms with Crippen LogP contribution in [-0.4, -0.2) is 11.1 Å². The van der Waals surface area contributed by atoms with Crippen LogP contribution in [0.2, 0.25) is 0 Å². The predicted octanol–water partition coefficient (Wildman–Crippen LogP) is 0.931. The highest BCUT2D eigenvalue weighted by Gasteiger charge is 2.05. The molecule has 0 aliphatic heterocycles. The zero-order valence-corrected chi connectivity index (χ0v) is 5.30. The lowest BCUT2D eigenvalue weighted by atomic mass is 10.2. The summed E-state index contributed by atoms with van der Waals surface area (Å²) < 4.78 is 0. The maximum atomic E-state index is 10.1. The molecule has 0 fully saturated rings. The summed E-state index contributed by atoms with van der Waals surface area (Å²) in [5, 5.41) is 16.4. The van der Waals surface area contributed by atoms with Gasteiger partial charge < -0.3 is 5.11 Å². The molecular weight excluding hydrogens is 118 g/mol. The molecule has 0 aromatic heterocycles. The maximum absolute atomic E-state index is 10.1. The van der Waals surface area contributed by atoms with Crippen molar-refractivity contribution < 1.29 is 9.90 Å². The second-order valence-electron chi connectivity index (χ2n) is 1.79. The van der Waals surface area contributed by atoms with Crippen LogP contribution >= 0.6 is 0 Å². The average molecular weight is 125 g/mol. The highest BCUT2D eigenvalue weighted by Crippen LogP contribution is 2.00. The molecule has 0 aromatic rings. The first-order valence-electron chi connectivity index (χ1n) is 2.40. The van der Waals surface area contributed by atoms with Gasteiger partial charge in [0.2, 0.25) is 0 Å². The minimum Gasteiger partial charge on any atom is -0.477 e. The summed E-state index contributed by atoms with van der Waals surface area (Å²) in [7, 11) is 0. The van der Waals surface area contributed by atoms with Crippen LogP contribution in [0.3, 0.4) is 0 Å². The van der Waals surface area contributed by atoms with E-state index in [9.17, 15) is 4.79 Å². The van der Waals surface area contributed by atoms with Gasteiger partial charge in [-0.1, -0.05) is 5.57 Å². The Bertz CT molecular complexity index is 194. The summed E-state index contributed by atoms with van der Waals surface area (Å²) in [4.78, 5) is 10.1. The molecule has 0 saturated heterocycles. The molecule has 3 nitrogen and oxygen atoms in total. The van der Waals surface area contributed by atoms with Crippen LogP contribution in [0.5, 0.6) is 0 Å². The van der Waals surface area contributed by atoms with Crippen molar-refractivity contribution in [1.29, 1.82) is 5.26 Å². The molecule has 0 aliphatic rings. The van der Waals surface area contributed by atoms with Gasteiger partial charge in [-0.05, 0) is 13.8 Å². The molecule has 0 radical (unpaired) electrons. The Morgan fingerprint density at radius 1 is 1.56 bits per heavy atom. The quantitative estimate of drug-likeness (QED) is 0.419. The Kier molecular flexibility index (Phi) is 2.46. The van der Waals surface area contributed by atoms with E-state index in [0.717, 1.165) is 0 Å². The number of hydrogen-bond acceptors (Lipinski definition) is 2. The van der Waals surface area contributed by atoms with Gasteiger partial charge in [-0.2, -0.15) is 5.26 Å². The van der Waals surface area contributed by atoms with E-state index in [4.69, 9.17) is 10.4 Å². The third-order valence-corrected chi connectivity index (χ3v) is 0.826. The summed E-state index contributed by atoms with van der Waals surface area (Å²) in [6.07, 6.45) is 0. The zero-order chi connectivity index (χ0) is 7.44. The van der Waals surface area contributed by atoms with E-state index in [0.29, 0.717) is 5.57 Å². The molecule has 0 unspecified atom stereocenters. The summed E-state index contributed by atoms with van der Waals surface area (Å²) in [5.41, 5.74) is 0.361. The molecule has 48 valence electrons. The lowest BCUT2D eigenvalue weighted by Gasteiger charge is -1.89. The number of nitrogens with zero attached hydrogens (tertiary/aromatic N) is 1. The highest BCUT2D eigenvalue weighted by atomic mass is 16.4. The summed E-state index contributed by atoms with van der Waals surface area (Å²) >= 11 is 0. The minimum absolute atomic E-state index is 0.171. The van der Waals surface area contributed by atoms with E-state index < -0.39 is 5.97 Å². The van der Waals surface area contributed by atoms with Gasteiger partial charge in [0.05, 0.1) is 0 Å². The van der Waals surface area contributed by atoms with Gasteiger partial charge in [-0.15, -0.1) is 0 Å². The molecule has 0 saturated carbocycles. The Hall–Kier alpha value is -1.30. The van der Waals surface area contributed by atoms with Crippen molar-refractivity contribution in [3.8, 4) is 6.07 Å². The van der Waals surface area contributed by atoms with Crippen LogP contribution in [-0.2, 0) is 4.79 Å². The first-order valence-corrected chi connectivity index (χ1v) is 2.40. The standard InChI is InChI=1S/C6H7NO2/c1-4(2)5(3-7)6(8)9/h1-2H3,(H,8,9). The lowest BCUT2D eigenvalue weighted by Crippen LogP contribution is -1.99. The highest BCUT2D eigenvalue weighted by molar-refractivity contribution is 5.91. The normalized spacial score (nSPS) is 7.67. The minimum atomic E-state index is -1.16. The van der Waals surface area contributed by atoms with Crippen LogP contribution in [0.1, 0.15) is 13.8 Å². The van der Waals surface area contributed by atoms with Crippen molar-refractivity contribution in [2.24, 2.45) is 0 Å². The molecule has 0 atom stereocenters. The smallest absolute Gasteiger partial charge is 0.346 e. The molecule has 0 spiro atoms. The van der Waals surface area contributed by atoms with E-state index in [1.165, 1.54) is 0 Å². The largest absolute Gasteiger partial charge is 0.477 e. The fourth-order valence-corrected chi connectivity index (χ4v) is 0.373. The number of allylic oxidation sites excluding steroid dienone is 1. The number of carboxylic acid groups (broad SMARTS) is 1. The number of carboxylic acids is 1. The predicted molar refractivity (Wildman–Crippen MR) is 31.6 cm³/mol. The first-order chi connectivity index (χ1) is 4.09. The van der Waals surface area contributed by atoms with Crippen molar-refractivity contribution in [3.05, 3.63) is 11.1 Å². The molecule has 0 aromatic carbocycles. The molecular formula is C6H7NO2. The zero-order valence-electron chi connectivity index (χ0n) is 5.30. The molecule has 3 heteroatoms. The van der Waals surface area contributed by atoms with Crippen molar-refractivity contribution in [2.45, 2.75) is 13.8 Å². The van der Waals surface area contributed by atoms with E-state index in [1.807, 2.05) is 0 Å². The van der Waals surface area contributed by atoms with Crippen molar-refractivity contribution in [2.75, 3.05) is 0 Å². The molecule has 0 bridgehead atoms. The second-order valence-corrected chi connectivity index (χ2v) is 1.79. The third kappa shape index (κ3) is 1.96. The molecule has 1 N–H and O–H groups in total. The SMILES string of the molecule is CC(C)=C(C#N)C(=O)O. The van der Waals surface area contributed by atoms with Crippen LogP contribution < -0.4 is 0 Å². The number of hydrogen-bond donors (Lipinski definition) is 1. The van der Waals surface area contributed by atoms with Crippen LogP contribution in [0.15, 0.2) is 11.1 Å².